The minimum atomic E-state index is 0. The van der Waals surface area contributed by atoms with Crippen molar-refractivity contribution in [3.05, 3.63) is 58.1 Å². The third-order valence-electron chi connectivity index (χ3n) is 3.66. The molecule has 0 aromatic heterocycles. The zero-order chi connectivity index (χ0) is 16.3. The van der Waals surface area contributed by atoms with E-state index in [1.54, 1.807) is 0 Å². The van der Waals surface area contributed by atoms with Crippen LogP contribution >= 0.6 is 8.58 Å². The third kappa shape index (κ3) is 4.95. The molecule has 0 bridgehead atoms. The van der Waals surface area contributed by atoms with Gasteiger partial charge in [-0.15, -0.1) is 0 Å². The largest absolute Gasteiger partial charge is 0.494 e. The molecule has 0 heterocycles. The average Bonchev–Trinajstić information content (AvgIpc) is 2.41. The van der Waals surface area contributed by atoms with Crippen molar-refractivity contribution in [2.45, 2.75) is 34.6 Å². The van der Waals surface area contributed by atoms with E-state index in [2.05, 4.69) is 19.1 Å². The number of ether oxygens (including phenoxy) is 1. The number of hydrogen-bond donors (Lipinski definition) is 0. The Morgan fingerprint density at radius 1 is 1.00 bits per heavy atom. The molecule has 4 heteroatoms. The molecule has 117 valence electrons. The summed E-state index contributed by atoms with van der Waals surface area (Å²) in [5, 5.41) is 1.09. The predicted octanol–water partition coefficient (Wildman–Crippen LogP) is 4.08. The molecule has 1 radical (unpaired) electrons. The van der Waals surface area contributed by atoms with Crippen LogP contribution < -0.4 is 10.0 Å². The van der Waals surface area contributed by atoms with Gasteiger partial charge in [0.1, 0.15) is 5.75 Å². The summed E-state index contributed by atoms with van der Waals surface area (Å²) in [6.07, 6.45) is 0. The van der Waals surface area contributed by atoms with E-state index in [0.29, 0.717) is 6.61 Å². The van der Waals surface area contributed by atoms with Crippen LogP contribution in [-0.4, -0.2) is 31.0 Å². The van der Waals surface area contributed by atoms with Crippen LogP contribution in [0.4, 0.5) is 0 Å². The Morgan fingerprint density at radius 3 is 2.13 bits per heavy atom. The Hall–Kier alpha value is -1.06. The molecule has 2 aromatic carbocycles. The molecule has 0 aliphatic rings. The van der Waals surface area contributed by atoms with E-state index >= 15 is 0 Å². The van der Waals surface area contributed by atoms with Crippen molar-refractivity contribution in [2.24, 2.45) is 0 Å². The maximum absolute atomic E-state index is 12.7. The molecule has 2 rings (SSSR count). The molecule has 1 atom stereocenters. The number of rotatable bonds is 5. The summed E-state index contributed by atoms with van der Waals surface area (Å²) in [5.74, 6) is 0.865. The molecule has 0 aliphatic carbocycles. The number of benzene rings is 2. The molecule has 0 aliphatic heterocycles. The van der Waals surface area contributed by atoms with E-state index in [1.165, 1.54) is 5.56 Å². The SMILES string of the molecule is CCOc1ccc(PC(=O)c2c(C)cc(C)cc2C)c(C)c1.[Li]. The van der Waals surface area contributed by atoms with Crippen molar-refractivity contribution in [1.82, 2.24) is 0 Å². The maximum atomic E-state index is 12.7. The van der Waals surface area contributed by atoms with Crippen LogP contribution in [0.2, 0.25) is 0 Å². The zero-order valence-corrected chi connectivity index (χ0v) is 15.9. The normalized spacial score (nSPS) is 10.7. The molecule has 2 aromatic rings. The fourth-order valence-electron chi connectivity index (χ4n) is 2.76. The van der Waals surface area contributed by atoms with E-state index < -0.39 is 0 Å². The molecule has 0 spiro atoms. The summed E-state index contributed by atoms with van der Waals surface area (Å²) in [7, 11) is 0.148. The molecule has 1 unspecified atom stereocenters. The first kappa shape index (κ1) is 20.0. The second-order valence-corrected chi connectivity index (χ2v) is 6.88. The zero-order valence-electron chi connectivity index (χ0n) is 14.9. The average molecular weight is 321 g/mol. The Bertz CT molecular complexity index is 688. The van der Waals surface area contributed by atoms with Gasteiger partial charge >= 0.3 is 0 Å². The number of aryl methyl sites for hydroxylation is 4. The maximum Gasteiger partial charge on any atom is 0.186 e. The van der Waals surface area contributed by atoms with Gasteiger partial charge in [0.25, 0.3) is 0 Å². The van der Waals surface area contributed by atoms with Crippen LogP contribution in [0.3, 0.4) is 0 Å². The fraction of sp³-hybridized carbons (Fsp3) is 0.316. The van der Waals surface area contributed by atoms with E-state index in [4.69, 9.17) is 4.74 Å². The minimum Gasteiger partial charge on any atom is -0.494 e. The summed E-state index contributed by atoms with van der Waals surface area (Å²) >= 11 is 0. The molecule has 0 saturated carbocycles. The van der Waals surface area contributed by atoms with Gasteiger partial charge in [0.15, 0.2) is 5.52 Å². The van der Waals surface area contributed by atoms with Gasteiger partial charge in [-0.2, -0.15) is 0 Å². The Balaban J connectivity index is 0.00000264. The molecule has 0 N–H and O–H groups in total. The van der Waals surface area contributed by atoms with Gasteiger partial charge in [-0.1, -0.05) is 23.8 Å². The van der Waals surface area contributed by atoms with E-state index in [0.717, 1.165) is 33.3 Å². The fourth-order valence-corrected chi connectivity index (χ4v) is 3.96. The predicted molar refractivity (Wildman–Crippen MR) is 101 cm³/mol. The van der Waals surface area contributed by atoms with Crippen molar-refractivity contribution in [3.8, 4) is 5.75 Å². The molecule has 0 fully saturated rings. The molecule has 23 heavy (non-hydrogen) atoms. The van der Waals surface area contributed by atoms with Crippen molar-refractivity contribution >= 4 is 38.3 Å². The van der Waals surface area contributed by atoms with Gasteiger partial charge in [0.2, 0.25) is 0 Å². The second-order valence-electron chi connectivity index (χ2n) is 5.64. The van der Waals surface area contributed by atoms with Gasteiger partial charge in [-0.3, -0.25) is 4.79 Å². The van der Waals surface area contributed by atoms with E-state index in [1.807, 2.05) is 45.9 Å². The Kier molecular flexibility index (Phi) is 7.55. The van der Waals surface area contributed by atoms with E-state index in [-0.39, 0.29) is 33.0 Å². The molecular weight excluding hydrogens is 298 g/mol. The van der Waals surface area contributed by atoms with Gasteiger partial charge in [0, 0.05) is 24.4 Å². The first-order chi connectivity index (χ1) is 10.4. The first-order valence-electron chi connectivity index (χ1n) is 7.55. The number of carbonyl (C=O) groups is 1. The molecular formula is C19H23LiO2P. The smallest absolute Gasteiger partial charge is 0.186 e. The monoisotopic (exact) mass is 321 g/mol. The van der Waals surface area contributed by atoms with Crippen LogP contribution in [0.15, 0.2) is 30.3 Å². The van der Waals surface area contributed by atoms with Crippen molar-refractivity contribution < 1.29 is 9.53 Å². The quantitative estimate of drug-likeness (QED) is 0.613. The Labute approximate surface area is 153 Å². The van der Waals surface area contributed by atoms with Crippen molar-refractivity contribution in [2.75, 3.05) is 6.61 Å². The van der Waals surface area contributed by atoms with Gasteiger partial charge in [0.05, 0.1) is 6.61 Å². The van der Waals surface area contributed by atoms with Crippen LogP contribution in [-0.2, 0) is 0 Å². The number of hydrogen-bond acceptors (Lipinski definition) is 2. The minimum absolute atomic E-state index is 0. The number of carbonyl (C=O) groups excluding carboxylic acids is 1. The summed E-state index contributed by atoms with van der Waals surface area (Å²) in [6, 6.07) is 10.1. The van der Waals surface area contributed by atoms with Crippen molar-refractivity contribution in [1.29, 1.82) is 0 Å². The topological polar surface area (TPSA) is 26.3 Å². The Morgan fingerprint density at radius 2 is 1.61 bits per heavy atom. The molecule has 2 nitrogen and oxygen atoms in total. The molecule has 0 saturated heterocycles. The second kappa shape index (κ2) is 8.70. The van der Waals surface area contributed by atoms with Gasteiger partial charge in [-0.05, 0) is 77.3 Å². The first-order valence-corrected chi connectivity index (χ1v) is 8.55. The summed E-state index contributed by atoms with van der Waals surface area (Å²) in [4.78, 5) is 12.7. The molecule has 0 amide bonds. The summed E-state index contributed by atoms with van der Waals surface area (Å²) in [5.41, 5.74) is 5.53. The standard InChI is InChI=1S/C19H23O2P.Li/c1-6-21-16-7-8-17(13(3)11-16)22-19(20)18-14(4)9-12(2)10-15(18)5;/h7-11,22H,6H2,1-5H3;. The van der Waals surface area contributed by atoms with Crippen LogP contribution in [0.1, 0.15) is 39.5 Å². The van der Waals surface area contributed by atoms with Crippen molar-refractivity contribution in [3.63, 3.8) is 0 Å². The summed E-state index contributed by atoms with van der Waals surface area (Å²) < 4.78 is 5.50. The van der Waals surface area contributed by atoms with Crippen LogP contribution in [0, 0.1) is 27.7 Å². The van der Waals surface area contributed by atoms with Crippen LogP contribution in [0.5, 0.6) is 5.75 Å². The third-order valence-corrected chi connectivity index (χ3v) is 4.97. The summed E-state index contributed by atoms with van der Waals surface area (Å²) in [6.45, 7) is 10.8. The van der Waals surface area contributed by atoms with Gasteiger partial charge in [-0.25, -0.2) is 0 Å². The van der Waals surface area contributed by atoms with Gasteiger partial charge < -0.3 is 4.74 Å². The van der Waals surface area contributed by atoms with Crippen LogP contribution in [0.25, 0.3) is 0 Å². The van der Waals surface area contributed by atoms with E-state index in [9.17, 15) is 4.79 Å².